The molecule has 1 aromatic rings. The average molecular weight is 545 g/mol. The molecule has 6 N–H and O–H groups in total. The zero-order chi connectivity index (χ0) is 28.8. The summed E-state index contributed by atoms with van der Waals surface area (Å²) in [5, 5.41) is 58.1. The molecule has 3 unspecified atom stereocenters. The Hall–Kier alpha value is -3.89. The van der Waals surface area contributed by atoms with Gasteiger partial charge in [0.2, 0.25) is 0 Å². The van der Waals surface area contributed by atoms with Gasteiger partial charge in [0.15, 0.2) is 0 Å². The summed E-state index contributed by atoms with van der Waals surface area (Å²) in [5.41, 5.74) is 5.14. The summed E-state index contributed by atoms with van der Waals surface area (Å²) in [6.07, 6.45) is -4.72. The van der Waals surface area contributed by atoms with E-state index in [0.29, 0.717) is 0 Å². The normalized spacial score (nSPS) is 13.2. The van der Waals surface area contributed by atoms with Gasteiger partial charge in [-0.05, 0) is 31.2 Å². The fourth-order valence-electron chi connectivity index (χ4n) is 3.61. The van der Waals surface area contributed by atoms with E-state index in [0.717, 1.165) is 0 Å². The van der Waals surface area contributed by atoms with Gasteiger partial charge in [-0.2, -0.15) is 0 Å². The topological polar surface area (TPSA) is 263 Å². The van der Waals surface area contributed by atoms with Gasteiger partial charge in [-0.1, -0.05) is 12.1 Å². The number of aromatic hydroxyl groups is 1. The van der Waals surface area contributed by atoms with E-state index in [4.69, 9.17) is 5.73 Å². The number of nitrogens with zero attached hydrogens (tertiary/aromatic N) is 2. The van der Waals surface area contributed by atoms with Crippen LogP contribution in [0.4, 0.5) is 0 Å². The molecule has 38 heavy (non-hydrogen) atoms. The lowest BCUT2D eigenvalue weighted by Crippen LogP contribution is -2.27. The average Bonchev–Trinajstić information content (AvgIpc) is 2.84. The molecule has 3 atom stereocenters. The summed E-state index contributed by atoms with van der Waals surface area (Å²) >= 11 is 0. The van der Waals surface area contributed by atoms with Crippen LogP contribution in [0.1, 0.15) is 66.4 Å². The minimum absolute atomic E-state index is 0.0524. The highest BCUT2D eigenvalue weighted by Crippen LogP contribution is 2.27. The molecule has 1 amide bonds. The van der Waals surface area contributed by atoms with Crippen LogP contribution in [0.5, 0.6) is 5.75 Å². The molecule has 0 aliphatic heterocycles. The fraction of sp³-hybridized carbons (Fsp3) is 0.591. The lowest BCUT2D eigenvalue weighted by atomic mass is 9.96. The summed E-state index contributed by atoms with van der Waals surface area (Å²) < 4.78 is 0. The molecule has 0 aromatic heterocycles. The fourth-order valence-corrected chi connectivity index (χ4v) is 3.61. The van der Waals surface area contributed by atoms with Crippen LogP contribution in [0, 0.1) is 20.2 Å². The number of carbonyl (C=O) groups excluding carboxylic acids is 3. The maximum atomic E-state index is 12.3. The predicted molar refractivity (Wildman–Crippen MR) is 125 cm³/mol. The Morgan fingerprint density at radius 1 is 0.921 bits per heavy atom. The first kappa shape index (κ1) is 32.1. The number of hydrogen-bond donors (Lipinski definition) is 5. The Bertz CT molecular complexity index is 1000. The summed E-state index contributed by atoms with van der Waals surface area (Å²) in [6, 6.07) is 2.72. The molecule has 1 rings (SSSR count). The number of aliphatic hydroxyl groups excluding tert-OH is 3. The lowest BCUT2D eigenvalue weighted by molar-refractivity contribution is -0.790. The third-order valence-corrected chi connectivity index (χ3v) is 5.62. The molecule has 0 aliphatic rings. The van der Waals surface area contributed by atoms with Crippen LogP contribution in [0.2, 0.25) is 0 Å². The van der Waals surface area contributed by atoms with E-state index in [2.05, 4.69) is 9.68 Å². The predicted octanol–water partition coefficient (Wildman–Crippen LogP) is -0.0982. The SMILES string of the molecule is NC(=O)c1c(CO)ccc(CC(=O)CCC(O)C(O)CCC(=O)CCCC(CO[N+](=O)[O-])O[N+](=O)[O-])c1O. The third kappa shape index (κ3) is 11.4. The van der Waals surface area contributed by atoms with Gasteiger partial charge in [0, 0.05) is 31.2 Å². The first-order valence-electron chi connectivity index (χ1n) is 11.6. The van der Waals surface area contributed by atoms with Crippen molar-refractivity contribution in [1.82, 2.24) is 0 Å². The first-order valence-corrected chi connectivity index (χ1v) is 11.6. The highest BCUT2D eigenvalue weighted by Gasteiger charge is 2.22. The number of phenols is 1. The van der Waals surface area contributed by atoms with Gasteiger partial charge >= 0.3 is 0 Å². The number of primary amides is 1. The van der Waals surface area contributed by atoms with Gasteiger partial charge in [-0.25, -0.2) is 0 Å². The summed E-state index contributed by atoms with van der Waals surface area (Å²) in [6.45, 7) is -1.21. The van der Waals surface area contributed by atoms with Gasteiger partial charge < -0.3 is 35.8 Å². The number of aliphatic hydroxyl groups is 3. The van der Waals surface area contributed by atoms with E-state index in [1.807, 2.05) is 0 Å². The Labute approximate surface area is 216 Å². The summed E-state index contributed by atoms with van der Waals surface area (Å²) in [7, 11) is 0. The van der Waals surface area contributed by atoms with Crippen LogP contribution < -0.4 is 5.73 Å². The molecule has 0 fully saturated rings. The van der Waals surface area contributed by atoms with Crippen molar-refractivity contribution in [2.75, 3.05) is 6.61 Å². The van der Waals surface area contributed by atoms with Gasteiger partial charge in [0.25, 0.3) is 16.1 Å². The van der Waals surface area contributed by atoms with Crippen molar-refractivity contribution in [3.8, 4) is 5.75 Å². The van der Waals surface area contributed by atoms with Crippen LogP contribution >= 0.6 is 0 Å². The zero-order valence-corrected chi connectivity index (χ0v) is 20.4. The largest absolute Gasteiger partial charge is 0.507 e. The Kier molecular flexibility index (Phi) is 13.6. The second kappa shape index (κ2) is 16.1. The maximum absolute atomic E-state index is 12.3. The van der Waals surface area contributed by atoms with Gasteiger partial charge in [0.1, 0.15) is 30.0 Å². The second-order valence-corrected chi connectivity index (χ2v) is 8.46. The lowest BCUT2D eigenvalue weighted by Gasteiger charge is -2.17. The van der Waals surface area contributed by atoms with Crippen molar-refractivity contribution >= 4 is 17.5 Å². The van der Waals surface area contributed by atoms with Crippen LogP contribution in [0.25, 0.3) is 0 Å². The number of rotatable bonds is 20. The number of ketones is 2. The number of carbonyl (C=O) groups is 3. The zero-order valence-electron chi connectivity index (χ0n) is 20.4. The monoisotopic (exact) mass is 545 g/mol. The van der Waals surface area contributed by atoms with Crippen LogP contribution in [0.15, 0.2) is 12.1 Å². The van der Waals surface area contributed by atoms with Crippen molar-refractivity contribution in [3.63, 3.8) is 0 Å². The Morgan fingerprint density at radius 2 is 1.50 bits per heavy atom. The maximum Gasteiger partial charge on any atom is 0.294 e. The minimum Gasteiger partial charge on any atom is -0.507 e. The molecule has 16 heteroatoms. The van der Waals surface area contributed by atoms with E-state index in [1.54, 1.807) is 0 Å². The molecule has 0 aliphatic carbocycles. The minimum atomic E-state index is -1.32. The van der Waals surface area contributed by atoms with Crippen molar-refractivity contribution in [2.45, 2.75) is 76.3 Å². The van der Waals surface area contributed by atoms with Crippen LogP contribution in [-0.2, 0) is 32.3 Å². The van der Waals surface area contributed by atoms with Crippen molar-refractivity contribution in [1.29, 1.82) is 0 Å². The Morgan fingerprint density at radius 3 is 2.03 bits per heavy atom. The number of hydrogen-bond acceptors (Lipinski definition) is 13. The van der Waals surface area contributed by atoms with E-state index < -0.39 is 59.1 Å². The molecule has 1 aromatic carbocycles. The molecule has 16 nitrogen and oxygen atoms in total. The summed E-state index contributed by atoms with van der Waals surface area (Å²) in [5.74, 6) is -2.22. The number of benzene rings is 1. The second-order valence-electron chi connectivity index (χ2n) is 8.46. The van der Waals surface area contributed by atoms with Crippen LogP contribution in [0.3, 0.4) is 0 Å². The number of Topliss-reactive ketones (excluding diaryl/α,β-unsaturated/α-hetero) is 2. The molecule has 0 radical (unpaired) electrons. The molecule has 212 valence electrons. The molecule has 0 spiro atoms. The van der Waals surface area contributed by atoms with E-state index in [9.17, 15) is 55.0 Å². The molecular weight excluding hydrogens is 514 g/mol. The molecule has 0 saturated heterocycles. The van der Waals surface area contributed by atoms with Gasteiger partial charge in [-0.15, -0.1) is 20.2 Å². The third-order valence-electron chi connectivity index (χ3n) is 5.62. The number of amides is 1. The van der Waals surface area contributed by atoms with E-state index in [-0.39, 0.29) is 73.8 Å². The quantitative estimate of drug-likeness (QED) is 0.106. The highest BCUT2D eigenvalue weighted by molar-refractivity contribution is 5.98. The first-order chi connectivity index (χ1) is 17.8. The van der Waals surface area contributed by atoms with Crippen molar-refractivity contribution in [3.05, 3.63) is 49.1 Å². The van der Waals surface area contributed by atoms with E-state index in [1.165, 1.54) is 12.1 Å². The van der Waals surface area contributed by atoms with Crippen molar-refractivity contribution in [2.24, 2.45) is 5.73 Å². The highest BCUT2D eigenvalue weighted by atomic mass is 17.0. The standard InChI is InChI=1S/C22H31N3O13/c23-22(32)20-14(11-26)5-4-13(21(20)31)10-16(28)7-9-19(30)18(29)8-6-15(27)2-1-3-17(38-25(35)36)12-37-24(33)34/h4-5,17-19,26,29-31H,1-3,6-12H2,(H2,23,32). The molecular formula is C22H31N3O13. The molecule has 0 heterocycles. The number of nitrogens with two attached hydrogens (primary N) is 1. The van der Waals surface area contributed by atoms with Gasteiger partial charge in [-0.3, -0.25) is 14.4 Å². The van der Waals surface area contributed by atoms with Crippen molar-refractivity contribution < 1.29 is 54.7 Å². The van der Waals surface area contributed by atoms with Gasteiger partial charge in [0.05, 0.1) is 24.4 Å². The molecule has 0 saturated carbocycles. The van der Waals surface area contributed by atoms with Crippen LogP contribution in [-0.4, -0.2) is 73.0 Å². The smallest absolute Gasteiger partial charge is 0.294 e. The van der Waals surface area contributed by atoms with E-state index >= 15 is 0 Å². The molecule has 0 bridgehead atoms. The summed E-state index contributed by atoms with van der Waals surface area (Å²) in [4.78, 5) is 64.8. The Balaban J connectivity index is 2.44.